The first-order chi connectivity index (χ1) is 14.8. The van der Waals surface area contributed by atoms with E-state index in [0.29, 0.717) is 30.2 Å². The van der Waals surface area contributed by atoms with Crippen LogP contribution in [0.25, 0.3) is 0 Å². The third-order valence-electron chi connectivity index (χ3n) is 5.63. The number of para-hydroxylation sites is 1. The minimum atomic E-state index is -3.91. The Labute approximate surface area is 187 Å². The lowest BCUT2D eigenvalue weighted by Gasteiger charge is -2.30. The van der Waals surface area contributed by atoms with Crippen LogP contribution in [0.5, 0.6) is 5.75 Å². The van der Waals surface area contributed by atoms with Gasteiger partial charge in [0.15, 0.2) is 0 Å². The van der Waals surface area contributed by atoms with Crippen molar-refractivity contribution in [3.63, 3.8) is 0 Å². The molecule has 164 valence electrons. The summed E-state index contributed by atoms with van der Waals surface area (Å²) in [6.07, 6.45) is 3.46. The number of nitrogens with one attached hydrogen (secondary N) is 1. The van der Waals surface area contributed by atoms with Crippen molar-refractivity contribution in [2.75, 3.05) is 18.6 Å². The van der Waals surface area contributed by atoms with Crippen molar-refractivity contribution in [1.29, 1.82) is 0 Å². The number of fused-ring (bicyclic) bond motifs is 3. The number of ether oxygens (including phenoxy) is 1. The molecule has 0 saturated carbocycles. The average Bonchev–Trinajstić information content (AvgIpc) is 2.98. The van der Waals surface area contributed by atoms with Crippen LogP contribution < -0.4 is 15.0 Å². The molecule has 0 radical (unpaired) electrons. The van der Waals surface area contributed by atoms with Crippen molar-refractivity contribution in [1.82, 2.24) is 5.32 Å². The number of amides is 1. The fourth-order valence-electron chi connectivity index (χ4n) is 4.05. The van der Waals surface area contributed by atoms with Crippen molar-refractivity contribution >= 4 is 39.1 Å². The highest BCUT2D eigenvalue weighted by molar-refractivity contribution is 7.90. The first-order valence-electron chi connectivity index (χ1n) is 10.2. The van der Waals surface area contributed by atoms with E-state index >= 15 is 0 Å². The summed E-state index contributed by atoms with van der Waals surface area (Å²) in [6, 6.07) is 9.91. The molecule has 2 aliphatic heterocycles. The third kappa shape index (κ3) is 4.14. The number of hydrogen-bond donors (Lipinski definition) is 1. The fourth-order valence-corrected chi connectivity index (χ4v) is 5.56. The molecule has 1 fully saturated rings. The van der Waals surface area contributed by atoms with E-state index < -0.39 is 15.9 Å². The van der Waals surface area contributed by atoms with Crippen molar-refractivity contribution in [3.05, 3.63) is 52.5 Å². The quantitative estimate of drug-likeness (QED) is 0.732. The number of sulfonamides is 1. The Kier molecular flexibility index (Phi) is 5.94. The fraction of sp³-hybridized carbons (Fsp3) is 0.364. The van der Waals surface area contributed by atoms with Gasteiger partial charge < -0.3 is 15.0 Å². The molecule has 2 aromatic carbocycles. The van der Waals surface area contributed by atoms with Gasteiger partial charge in [-0.05, 0) is 38.0 Å². The molecule has 1 amide bonds. The highest BCUT2D eigenvalue weighted by atomic mass is 35.5. The maximum Gasteiger partial charge on any atom is 0.286 e. The van der Waals surface area contributed by atoms with E-state index in [2.05, 4.69) is 9.71 Å². The predicted octanol–water partition coefficient (Wildman–Crippen LogP) is 4.32. The minimum Gasteiger partial charge on any atom is -0.496 e. The van der Waals surface area contributed by atoms with Gasteiger partial charge in [-0.2, -0.15) is 8.42 Å². The maximum atomic E-state index is 13.0. The first kappa shape index (κ1) is 21.6. The van der Waals surface area contributed by atoms with Crippen LogP contribution in [0, 0.1) is 0 Å². The van der Waals surface area contributed by atoms with Crippen LogP contribution in [-0.4, -0.2) is 33.8 Å². The number of nitrogens with zero attached hydrogens (tertiary/aromatic N) is 2. The highest BCUT2D eigenvalue weighted by Crippen LogP contribution is 2.38. The van der Waals surface area contributed by atoms with E-state index in [-0.39, 0.29) is 21.5 Å². The smallest absolute Gasteiger partial charge is 0.286 e. The molecule has 2 aromatic rings. The lowest BCUT2D eigenvalue weighted by molar-refractivity contribution is 0.0939. The molecule has 2 aliphatic rings. The number of hydrogen-bond acceptors (Lipinski definition) is 5. The lowest BCUT2D eigenvalue weighted by Crippen LogP contribution is -2.35. The van der Waals surface area contributed by atoms with Gasteiger partial charge in [0.25, 0.3) is 15.9 Å². The van der Waals surface area contributed by atoms with Crippen LogP contribution >= 0.6 is 11.6 Å². The van der Waals surface area contributed by atoms with E-state index in [1.54, 1.807) is 13.2 Å². The topological polar surface area (TPSA) is 88.1 Å². The van der Waals surface area contributed by atoms with Gasteiger partial charge in [-0.1, -0.05) is 36.2 Å². The molecule has 7 nitrogen and oxygen atoms in total. The van der Waals surface area contributed by atoms with Crippen LogP contribution in [0.15, 0.2) is 45.7 Å². The molecule has 0 bridgehead atoms. The molecule has 2 heterocycles. The average molecular weight is 462 g/mol. The molecule has 9 heteroatoms. The Morgan fingerprint density at radius 2 is 2.00 bits per heavy atom. The van der Waals surface area contributed by atoms with Crippen molar-refractivity contribution in [2.45, 2.75) is 43.5 Å². The summed E-state index contributed by atoms with van der Waals surface area (Å²) < 4.78 is 35.1. The standard InChI is InChI=1S/C22H24ClN3O4S/c1-14(15-8-5-6-9-19(15)30-2)24-22(27)16-12-20-18(13-17(16)23)26-11-7-3-4-10-21(26)25-31(20,28)29/h5-6,8-9,12-14H,3-4,7,10-11H2,1-2H3,(H,24,27)/t14-/m0/s1. The van der Waals surface area contributed by atoms with Crippen molar-refractivity contribution in [2.24, 2.45) is 4.40 Å². The van der Waals surface area contributed by atoms with Crippen molar-refractivity contribution in [3.8, 4) is 5.75 Å². The zero-order valence-electron chi connectivity index (χ0n) is 17.4. The number of benzene rings is 2. The third-order valence-corrected chi connectivity index (χ3v) is 7.28. The van der Waals surface area contributed by atoms with Gasteiger partial charge in [-0.25, -0.2) is 0 Å². The Balaban J connectivity index is 1.68. The second-order valence-corrected chi connectivity index (χ2v) is 9.66. The summed E-state index contributed by atoms with van der Waals surface area (Å²) in [5, 5.41) is 3.08. The molecular formula is C22H24ClN3O4S. The number of methoxy groups -OCH3 is 1. The summed E-state index contributed by atoms with van der Waals surface area (Å²) in [5.74, 6) is 0.729. The van der Waals surface area contributed by atoms with E-state index in [4.69, 9.17) is 16.3 Å². The van der Waals surface area contributed by atoms with E-state index in [1.165, 1.54) is 6.07 Å². The second kappa shape index (κ2) is 8.51. The van der Waals surface area contributed by atoms with Crippen LogP contribution in [-0.2, 0) is 10.0 Å². The summed E-state index contributed by atoms with van der Waals surface area (Å²) in [5.41, 5.74) is 1.39. The molecule has 31 heavy (non-hydrogen) atoms. The highest BCUT2D eigenvalue weighted by Gasteiger charge is 2.33. The van der Waals surface area contributed by atoms with E-state index in [1.807, 2.05) is 36.1 Å². The van der Waals surface area contributed by atoms with Crippen LogP contribution in [0.1, 0.15) is 54.6 Å². The Hall–Kier alpha value is -2.58. The van der Waals surface area contributed by atoms with Crippen LogP contribution in [0.4, 0.5) is 5.69 Å². The Morgan fingerprint density at radius 1 is 1.23 bits per heavy atom. The summed E-state index contributed by atoms with van der Waals surface area (Å²) in [6.45, 7) is 2.50. The summed E-state index contributed by atoms with van der Waals surface area (Å²) in [7, 11) is -2.34. The van der Waals surface area contributed by atoms with Crippen molar-refractivity contribution < 1.29 is 17.9 Å². The molecular weight excluding hydrogens is 438 g/mol. The first-order valence-corrected chi connectivity index (χ1v) is 12.0. The van der Waals surface area contributed by atoms with E-state index in [0.717, 1.165) is 24.8 Å². The number of rotatable bonds is 4. The normalized spacial score (nSPS) is 18.2. The van der Waals surface area contributed by atoms with Crippen LogP contribution in [0.3, 0.4) is 0 Å². The number of halogens is 1. The molecule has 0 unspecified atom stereocenters. The lowest BCUT2D eigenvalue weighted by atomic mass is 10.1. The summed E-state index contributed by atoms with van der Waals surface area (Å²) >= 11 is 6.46. The molecule has 1 N–H and O–H groups in total. The van der Waals surface area contributed by atoms with Gasteiger partial charge in [-0.3, -0.25) is 4.79 Å². The van der Waals surface area contributed by atoms with Gasteiger partial charge in [0.2, 0.25) is 0 Å². The van der Waals surface area contributed by atoms with Gasteiger partial charge in [-0.15, -0.1) is 4.40 Å². The molecule has 1 atom stereocenters. The van der Waals surface area contributed by atoms with Crippen LogP contribution in [0.2, 0.25) is 5.02 Å². The monoisotopic (exact) mass is 461 g/mol. The number of carbonyl (C=O) groups is 1. The second-order valence-electron chi connectivity index (χ2n) is 7.68. The number of anilines is 1. The number of carbonyl (C=O) groups excluding carboxylic acids is 1. The largest absolute Gasteiger partial charge is 0.496 e. The van der Waals surface area contributed by atoms with Gasteiger partial charge in [0, 0.05) is 18.5 Å². The Morgan fingerprint density at radius 3 is 2.77 bits per heavy atom. The van der Waals surface area contributed by atoms with Gasteiger partial charge >= 0.3 is 0 Å². The van der Waals surface area contributed by atoms with Gasteiger partial charge in [0.1, 0.15) is 16.5 Å². The molecule has 0 aromatic heterocycles. The molecule has 0 aliphatic carbocycles. The maximum absolute atomic E-state index is 13.0. The zero-order valence-corrected chi connectivity index (χ0v) is 19.0. The molecule has 0 spiro atoms. The minimum absolute atomic E-state index is 0.0117. The van der Waals surface area contributed by atoms with Gasteiger partial charge in [0.05, 0.1) is 29.4 Å². The predicted molar refractivity (Wildman–Crippen MR) is 121 cm³/mol. The Bertz CT molecular complexity index is 1160. The van der Waals surface area contributed by atoms with E-state index in [9.17, 15) is 13.2 Å². The summed E-state index contributed by atoms with van der Waals surface area (Å²) in [4.78, 5) is 14.9. The SMILES string of the molecule is COc1ccccc1[C@H](C)NC(=O)c1cc2c(cc1Cl)N1CCCCCC1=NS2(=O)=O. The zero-order chi connectivity index (χ0) is 22.2. The number of amidine groups is 1. The molecule has 4 rings (SSSR count). The molecule has 1 saturated heterocycles.